The Hall–Kier alpha value is -1.69. The highest BCUT2D eigenvalue weighted by molar-refractivity contribution is 9.10. The van der Waals surface area contributed by atoms with E-state index in [4.69, 9.17) is 9.47 Å². The minimum atomic E-state index is 0. The van der Waals surface area contributed by atoms with Crippen molar-refractivity contribution in [3.8, 4) is 11.5 Å². The van der Waals surface area contributed by atoms with Gasteiger partial charge in [0.1, 0.15) is 0 Å². The lowest BCUT2D eigenvalue weighted by Gasteiger charge is -2.13. The normalized spacial score (nSPS) is 10.6. The number of rotatable bonds is 8. The number of aromatic amines is 1. The number of hydrogen-bond acceptors (Lipinski definition) is 3. The average Bonchev–Trinajstić information content (AvgIpc) is 3.02. The molecule has 0 radical (unpaired) electrons. The highest BCUT2D eigenvalue weighted by Crippen LogP contribution is 2.36. The maximum absolute atomic E-state index is 5.68. The van der Waals surface area contributed by atoms with Crippen LogP contribution in [-0.4, -0.2) is 25.2 Å². The van der Waals surface area contributed by atoms with Gasteiger partial charge in [0.25, 0.3) is 0 Å². The first kappa shape index (κ1) is 20.6. The Bertz CT molecular complexity index is 851. The molecule has 3 rings (SSSR count). The number of H-pyrrole nitrogens is 1. The number of aromatic nitrogens is 1. The maximum atomic E-state index is 5.68. The van der Waals surface area contributed by atoms with Crippen LogP contribution in [0.15, 0.2) is 47.1 Å². The Morgan fingerprint density at radius 3 is 2.77 bits per heavy atom. The van der Waals surface area contributed by atoms with E-state index in [0.717, 1.165) is 41.0 Å². The molecule has 0 atom stereocenters. The van der Waals surface area contributed by atoms with Crippen LogP contribution in [0.4, 0.5) is 0 Å². The van der Waals surface area contributed by atoms with Gasteiger partial charge in [-0.15, -0.1) is 12.4 Å². The molecular formula is C20H24BrClN2O2. The van der Waals surface area contributed by atoms with Crippen molar-refractivity contribution in [2.24, 2.45) is 0 Å². The largest absolute Gasteiger partial charge is 0.492 e. The summed E-state index contributed by atoms with van der Waals surface area (Å²) in [7, 11) is 1.65. The molecule has 2 aromatic carbocycles. The standard InChI is InChI=1S/C20H23BrN2O2.ClH/c1-3-25-19-11-14(10-17(21)20(19)24-2)12-22-9-8-15-13-23-18-7-5-4-6-16(15)18;/h4-7,10-11,13,22-23H,3,8-9,12H2,1-2H3;1H. The third-order valence-electron chi connectivity index (χ3n) is 4.15. The molecular weight excluding hydrogens is 416 g/mol. The Kier molecular flexibility index (Phi) is 7.82. The molecule has 6 heteroatoms. The van der Waals surface area contributed by atoms with Crippen LogP contribution in [0.5, 0.6) is 11.5 Å². The van der Waals surface area contributed by atoms with Gasteiger partial charge in [-0.25, -0.2) is 0 Å². The van der Waals surface area contributed by atoms with E-state index in [2.05, 4.69) is 62.8 Å². The van der Waals surface area contributed by atoms with Crippen molar-refractivity contribution in [2.45, 2.75) is 19.9 Å². The van der Waals surface area contributed by atoms with Gasteiger partial charge in [-0.2, -0.15) is 0 Å². The second-order valence-electron chi connectivity index (χ2n) is 5.83. The highest BCUT2D eigenvalue weighted by atomic mass is 79.9. The molecule has 0 saturated carbocycles. The molecule has 0 fully saturated rings. The zero-order chi connectivity index (χ0) is 17.6. The third-order valence-corrected chi connectivity index (χ3v) is 4.74. The van der Waals surface area contributed by atoms with E-state index in [9.17, 15) is 0 Å². The van der Waals surface area contributed by atoms with Crippen molar-refractivity contribution in [1.82, 2.24) is 10.3 Å². The van der Waals surface area contributed by atoms with E-state index < -0.39 is 0 Å². The molecule has 0 aliphatic rings. The summed E-state index contributed by atoms with van der Waals surface area (Å²) in [6, 6.07) is 12.5. The minimum absolute atomic E-state index is 0. The lowest BCUT2D eigenvalue weighted by molar-refractivity contribution is 0.309. The van der Waals surface area contributed by atoms with E-state index in [1.54, 1.807) is 7.11 Å². The predicted octanol–water partition coefficient (Wildman–Crippen LogP) is 5.09. The van der Waals surface area contributed by atoms with Crippen molar-refractivity contribution in [3.63, 3.8) is 0 Å². The summed E-state index contributed by atoms with van der Waals surface area (Å²) < 4.78 is 12.0. The summed E-state index contributed by atoms with van der Waals surface area (Å²) in [5, 5.41) is 4.81. The fourth-order valence-electron chi connectivity index (χ4n) is 2.98. The smallest absolute Gasteiger partial charge is 0.174 e. The monoisotopic (exact) mass is 438 g/mol. The van der Waals surface area contributed by atoms with Gasteiger partial charge < -0.3 is 19.8 Å². The second-order valence-corrected chi connectivity index (χ2v) is 6.68. The number of nitrogens with one attached hydrogen (secondary N) is 2. The maximum Gasteiger partial charge on any atom is 0.174 e. The quantitative estimate of drug-likeness (QED) is 0.480. The molecule has 3 aromatic rings. The topological polar surface area (TPSA) is 46.3 Å². The molecule has 0 aliphatic heterocycles. The molecule has 0 spiro atoms. The zero-order valence-corrected chi connectivity index (χ0v) is 17.4. The Morgan fingerprint density at radius 1 is 1.19 bits per heavy atom. The molecule has 0 unspecified atom stereocenters. The zero-order valence-electron chi connectivity index (χ0n) is 15.0. The van der Waals surface area contributed by atoms with E-state index >= 15 is 0 Å². The van der Waals surface area contributed by atoms with Crippen molar-refractivity contribution in [1.29, 1.82) is 0 Å². The van der Waals surface area contributed by atoms with Gasteiger partial charge in [-0.05, 0) is 65.1 Å². The van der Waals surface area contributed by atoms with E-state index in [1.165, 1.54) is 16.5 Å². The average molecular weight is 440 g/mol. The summed E-state index contributed by atoms with van der Waals surface area (Å²) >= 11 is 3.56. The number of ether oxygens (including phenoxy) is 2. The first-order chi connectivity index (χ1) is 12.2. The third kappa shape index (κ3) is 4.72. The van der Waals surface area contributed by atoms with Gasteiger partial charge in [0.05, 0.1) is 18.2 Å². The van der Waals surface area contributed by atoms with Crippen molar-refractivity contribution in [3.05, 3.63) is 58.2 Å². The van der Waals surface area contributed by atoms with Gasteiger partial charge in [0.15, 0.2) is 11.5 Å². The summed E-state index contributed by atoms with van der Waals surface area (Å²) in [4.78, 5) is 3.32. The van der Waals surface area contributed by atoms with Crippen LogP contribution in [0.3, 0.4) is 0 Å². The number of para-hydroxylation sites is 1. The molecule has 0 aliphatic carbocycles. The predicted molar refractivity (Wildman–Crippen MR) is 113 cm³/mol. The van der Waals surface area contributed by atoms with Gasteiger partial charge in [0.2, 0.25) is 0 Å². The SMILES string of the molecule is CCOc1cc(CNCCc2c[nH]c3ccccc23)cc(Br)c1OC.Cl. The van der Waals surface area contributed by atoms with Crippen LogP contribution in [0.25, 0.3) is 10.9 Å². The number of halogens is 2. The number of methoxy groups -OCH3 is 1. The number of hydrogen-bond donors (Lipinski definition) is 2. The molecule has 2 N–H and O–H groups in total. The summed E-state index contributed by atoms with van der Waals surface area (Å²) in [5.41, 5.74) is 3.70. The first-order valence-corrected chi connectivity index (χ1v) is 9.27. The van der Waals surface area contributed by atoms with Gasteiger partial charge in [0, 0.05) is 23.6 Å². The van der Waals surface area contributed by atoms with E-state index in [0.29, 0.717) is 6.61 Å². The molecule has 1 heterocycles. The van der Waals surface area contributed by atoms with Crippen LogP contribution in [0.2, 0.25) is 0 Å². The van der Waals surface area contributed by atoms with Crippen LogP contribution >= 0.6 is 28.3 Å². The Morgan fingerprint density at radius 2 is 2.00 bits per heavy atom. The van der Waals surface area contributed by atoms with Crippen molar-refractivity contribution in [2.75, 3.05) is 20.3 Å². The molecule has 0 bridgehead atoms. The second kappa shape index (κ2) is 9.86. The Balaban J connectivity index is 0.00000243. The lowest BCUT2D eigenvalue weighted by Crippen LogP contribution is -2.16. The molecule has 4 nitrogen and oxygen atoms in total. The van der Waals surface area contributed by atoms with Crippen molar-refractivity contribution >= 4 is 39.2 Å². The van der Waals surface area contributed by atoms with Gasteiger partial charge in [-0.3, -0.25) is 0 Å². The number of fused-ring (bicyclic) bond motifs is 1. The fraction of sp³-hybridized carbons (Fsp3) is 0.300. The summed E-state index contributed by atoms with van der Waals surface area (Å²) in [6.07, 6.45) is 3.09. The van der Waals surface area contributed by atoms with Crippen LogP contribution in [0.1, 0.15) is 18.1 Å². The fourth-order valence-corrected chi connectivity index (χ4v) is 3.63. The first-order valence-electron chi connectivity index (χ1n) is 8.47. The molecule has 0 saturated heterocycles. The molecule has 26 heavy (non-hydrogen) atoms. The van der Waals surface area contributed by atoms with Crippen LogP contribution in [0, 0.1) is 0 Å². The lowest BCUT2D eigenvalue weighted by atomic mass is 10.1. The Labute approximate surface area is 168 Å². The van der Waals surface area contributed by atoms with Crippen molar-refractivity contribution < 1.29 is 9.47 Å². The van der Waals surface area contributed by atoms with Gasteiger partial charge in [-0.1, -0.05) is 18.2 Å². The summed E-state index contributed by atoms with van der Waals surface area (Å²) in [6.45, 7) is 4.28. The highest BCUT2D eigenvalue weighted by Gasteiger charge is 2.11. The molecule has 1 aromatic heterocycles. The molecule has 0 amide bonds. The molecule has 140 valence electrons. The summed E-state index contributed by atoms with van der Waals surface area (Å²) in [5.74, 6) is 1.51. The van der Waals surface area contributed by atoms with E-state index in [-0.39, 0.29) is 12.4 Å². The minimum Gasteiger partial charge on any atom is -0.492 e. The number of benzene rings is 2. The van der Waals surface area contributed by atoms with Crippen LogP contribution in [-0.2, 0) is 13.0 Å². The van der Waals surface area contributed by atoms with Crippen LogP contribution < -0.4 is 14.8 Å². The van der Waals surface area contributed by atoms with Gasteiger partial charge >= 0.3 is 0 Å². The van der Waals surface area contributed by atoms with E-state index in [1.807, 2.05) is 13.0 Å².